The number of sulfonamides is 1. The summed E-state index contributed by atoms with van der Waals surface area (Å²) in [5.74, 6) is -0.640. The molecule has 160 valence electrons. The highest BCUT2D eigenvalue weighted by Crippen LogP contribution is 2.21. The van der Waals surface area contributed by atoms with Gasteiger partial charge in [0.15, 0.2) is 0 Å². The number of nitrogens with zero attached hydrogens (tertiary/aromatic N) is 3. The van der Waals surface area contributed by atoms with Gasteiger partial charge in [0.05, 0.1) is 6.04 Å². The Hall–Kier alpha value is -1.85. The summed E-state index contributed by atoms with van der Waals surface area (Å²) >= 11 is 1.50. The van der Waals surface area contributed by atoms with Gasteiger partial charge in [0.25, 0.3) is 0 Å². The number of hydrogen-bond donors (Lipinski definition) is 1. The predicted octanol–water partition coefficient (Wildman–Crippen LogP) is 0.804. The topological polar surface area (TPSA) is 90.0 Å². The first kappa shape index (κ1) is 21.8. The second kappa shape index (κ2) is 8.88. The van der Waals surface area contributed by atoms with Crippen molar-refractivity contribution in [3.8, 4) is 0 Å². The predicted molar refractivity (Wildman–Crippen MR) is 109 cm³/mol. The Labute approximate surface area is 174 Å². The van der Waals surface area contributed by atoms with Gasteiger partial charge in [0.2, 0.25) is 15.9 Å². The van der Waals surface area contributed by atoms with Gasteiger partial charge in [0.1, 0.15) is 16.8 Å². The minimum atomic E-state index is -4.19. The zero-order chi connectivity index (χ0) is 21.2. The van der Waals surface area contributed by atoms with Gasteiger partial charge in [-0.25, -0.2) is 17.6 Å². The van der Waals surface area contributed by atoms with Crippen molar-refractivity contribution in [2.45, 2.75) is 23.4 Å². The van der Waals surface area contributed by atoms with E-state index in [1.807, 2.05) is 6.26 Å². The van der Waals surface area contributed by atoms with E-state index in [2.05, 4.69) is 4.72 Å². The molecule has 3 amide bonds. The standard InChI is InChI=1S/C18H25FN4O4S2/c1-21-11-13-12-22(8-9-23(13)18(21)25)17(24)15(7-10-28-2)20-29(26,27)16-6-4-3-5-14(16)19/h3-6,13,15,20H,7-12H2,1-2H3/t13-,15+/m1/s1. The van der Waals surface area contributed by atoms with Crippen LogP contribution >= 0.6 is 11.8 Å². The molecule has 0 radical (unpaired) electrons. The first-order chi connectivity index (χ1) is 13.7. The summed E-state index contributed by atoms with van der Waals surface area (Å²) in [6.45, 7) is 1.63. The molecule has 8 nitrogen and oxygen atoms in total. The molecule has 2 aliphatic heterocycles. The Morgan fingerprint density at radius 3 is 2.72 bits per heavy atom. The zero-order valence-corrected chi connectivity index (χ0v) is 18.0. The van der Waals surface area contributed by atoms with E-state index in [-0.39, 0.29) is 24.4 Å². The van der Waals surface area contributed by atoms with Crippen LogP contribution in [0.3, 0.4) is 0 Å². The van der Waals surface area contributed by atoms with Crippen molar-refractivity contribution in [3.63, 3.8) is 0 Å². The van der Waals surface area contributed by atoms with Crippen LogP contribution in [0.5, 0.6) is 0 Å². The normalized spacial score (nSPS) is 20.7. The molecule has 0 saturated carbocycles. The molecule has 0 spiro atoms. The molecule has 2 heterocycles. The van der Waals surface area contributed by atoms with E-state index in [9.17, 15) is 22.4 Å². The monoisotopic (exact) mass is 444 g/mol. The summed E-state index contributed by atoms with van der Waals surface area (Å²) in [6, 6.07) is 3.93. The number of urea groups is 1. The molecule has 2 fully saturated rings. The average molecular weight is 445 g/mol. The van der Waals surface area contributed by atoms with Crippen molar-refractivity contribution < 1.29 is 22.4 Å². The van der Waals surface area contributed by atoms with Gasteiger partial charge in [-0.1, -0.05) is 12.1 Å². The summed E-state index contributed by atoms with van der Waals surface area (Å²) in [6.07, 6.45) is 2.16. The van der Waals surface area contributed by atoms with E-state index in [1.165, 1.54) is 30.0 Å². The van der Waals surface area contributed by atoms with Crippen LogP contribution in [0.4, 0.5) is 9.18 Å². The molecule has 0 bridgehead atoms. The van der Waals surface area contributed by atoms with Crippen molar-refractivity contribution >= 4 is 33.7 Å². The second-order valence-corrected chi connectivity index (χ2v) is 9.85. The number of carbonyl (C=O) groups is 2. The van der Waals surface area contributed by atoms with Crippen LogP contribution in [0.2, 0.25) is 0 Å². The minimum Gasteiger partial charge on any atom is -0.337 e. The largest absolute Gasteiger partial charge is 0.337 e. The number of piperazine rings is 1. The SMILES string of the molecule is CSCC[C@H](NS(=O)(=O)c1ccccc1F)C(=O)N1CCN2C(=O)N(C)C[C@@H]2C1. The summed E-state index contributed by atoms with van der Waals surface area (Å²) in [5.41, 5.74) is 0. The van der Waals surface area contributed by atoms with Crippen molar-refractivity contribution in [2.75, 3.05) is 45.2 Å². The van der Waals surface area contributed by atoms with Crippen molar-refractivity contribution in [3.05, 3.63) is 30.1 Å². The van der Waals surface area contributed by atoms with E-state index in [0.29, 0.717) is 31.9 Å². The van der Waals surface area contributed by atoms with Gasteiger partial charge < -0.3 is 14.7 Å². The number of amides is 3. The van der Waals surface area contributed by atoms with E-state index < -0.39 is 26.8 Å². The van der Waals surface area contributed by atoms with Crippen molar-refractivity contribution in [1.29, 1.82) is 0 Å². The Bertz CT molecular complexity index is 882. The lowest BCUT2D eigenvalue weighted by Crippen LogP contribution is -2.58. The number of hydrogen-bond acceptors (Lipinski definition) is 5. The van der Waals surface area contributed by atoms with Gasteiger partial charge in [0, 0.05) is 33.2 Å². The van der Waals surface area contributed by atoms with E-state index in [4.69, 9.17) is 0 Å². The summed E-state index contributed by atoms with van der Waals surface area (Å²) in [5, 5.41) is 0. The Kier molecular flexibility index (Phi) is 6.69. The number of nitrogens with one attached hydrogen (secondary N) is 1. The lowest BCUT2D eigenvalue weighted by atomic mass is 10.1. The van der Waals surface area contributed by atoms with Gasteiger partial charge in [-0.05, 0) is 30.6 Å². The van der Waals surface area contributed by atoms with E-state index >= 15 is 0 Å². The molecule has 0 unspecified atom stereocenters. The lowest BCUT2D eigenvalue weighted by molar-refractivity contribution is -0.135. The fourth-order valence-corrected chi connectivity index (χ4v) is 5.45. The van der Waals surface area contributed by atoms with Crippen LogP contribution in [0.1, 0.15) is 6.42 Å². The van der Waals surface area contributed by atoms with Gasteiger partial charge in [-0.3, -0.25) is 4.79 Å². The molecule has 0 aliphatic carbocycles. The molecule has 0 aromatic heterocycles. The smallest absolute Gasteiger partial charge is 0.320 e. The van der Waals surface area contributed by atoms with Crippen molar-refractivity contribution in [1.82, 2.24) is 19.4 Å². The molecule has 3 rings (SSSR count). The Morgan fingerprint density at radius 1 is 1.31 bits per heavy atom. The fraction of sp³-hybridized carbons (Fsp3) is 0.556. The number of likely N-dealkylation sites (N-methyl/N-ethyl adjacent to an activating group) is 1. The average Bonchev–Trinajstić information content (AvgIpc) is 2.98. The highest BCUT2D eigenvalue weighted by molar-refractivity contribution is 7.98. The number of halogens is 1. The maximum atomic E-state index is 14.0. The second-order valence-electron chi connectivity index (χ2n) is 7.18. The number of fused-ring (bicyclic) bond motifs is 1. The molecule has 1 aromatic rings. The summed E-state index contributed by atoms with van der Waals surface area (Å²) < 4.78 is 41.8. The number of benzene rings is 1. The molecule has 11 heteroatoms. The molecule has 2 atom stereocenters. The third-order valence-electron chi connectivity index (χ3n) is 5.18. The lowest BCUT2D eigenvalue weighted by Gasteiger charge is -2.38. The van der Waals surface area contributed by atoms with Crippen LogP contribution in [-0.2, 0) is 14.8 Å². The van der Waals surface area contributed by atoms with Gasteiger partial charge in [-0.2, -0.15) is 16.5 Å². The van der Waals surface area contributed by atoms with Crippen LogP contribution in [0, 0.1) is 5.82 Å². The molecule has 2 aliphatic rings. The maximum absolute atomic E-state index is 14.0. The van der Waals surface area contributed by atoms with Crippen LogP contribution in [0.25, 0.3) is 0 Å². The summed E-state index contributed by atoms with van der Waals surface area (Å²) in [4.78, 5) is 29.7. The Balaban J connectivity index is 1.75. The molecule has 29 heavy (non-hydrogen) atoms. The van der Waals surface area contributed by atoms with Crippen LogP contribution in [0.15, 0.2) is 29.2 Å². The molecule has 1 aromatic carbocycles. The fourth-order valence-electron chi connectivity index (χ4n) is 3.68. The van der Waals surface area contributed by atoms with E-state index in [1.54, 1.807) is 21.7 Å². The highest BCUT2D eigenvalue weighted by atomic mass is 32.2. The number of rotatable bonds is 7. The molecular formula is C18H25FN4O4S2. The number of thioether (sulfide) groups is 1. The third-order valence-corrected chi connectivity index (χ3v) is 7.33. The van der Waals surface area contributed by atoms with E-state index in [0.717, 1.165) is 6.07 Å². The van der Waals surface area contributed by atoms with Crippen molar-refractivity contribution in [2.24, 2.45) is 0 Å². The molecular weight excluding hydrogens is 419 g/mol. The minimum absolute atomic E-state index is 0.0544. The molecule has 1 N–H and O–H groups in total. The third kappa shape index (κ3) is 4.67. The Morgan fingerprint density at radius 2 is 2.03 bits per heavy atom. The first-order valence-corrected chi connectivity index (χ1v) is 12.2. The zero-order valence-electron chi connectivity index (χ0n) is 16.4. The van der Waals surface area contributed by atoms with Gasteiger partial charge in [-0.15, -0.1) is 0 Å². The molecule has 2 saturated heterocycles. The van der Waals surface area contributed by atoms with Crippen LogP contribution in [-0.4, -0.2) is 92.4 Å². The first-order valence-electron chi connectivity index (χ1n) is 9.31. The number of carbonyl (C=O) groups excluding carboxylic acids is 2. The quantitative estimate of drug-likeness (QED) is 0.672. The van der Waals surface area contributed by atoms with Gasteiger partial charge >= 0.3 is 6.03 Å². The highest BCUT2D eigenvalue weighted by Gasteiger charge is 2.41. The maximum Gasteiger partial charge on any atom is 0.320 e. The summed E-state index contributed by atoms with van der Waals surface area (Å²) in [7, 11) is -2.47. The van der Waals surface area contributed by atoms with Crippen LogP contribution < -0.4 is 4.72 Å².